The summed E-state index contributed by atoms with van der Waals surface area (Å²) in [7, 11) is 0. The van der Waals surface area contributed by atoms with E-state index >= 15 is 0 Å². The molecule has 1 aromatic carbocycles. The molecule has 0 saturated heterocycles. The Hall–Kier alpha value is -1.26. The van der Waals surface area contributed by atoms with Crippen molar-refractivity contribution < 1.29 is 4.79 Å². The Balaban J connectivity index is 0.000000845. The monoisotopic (exact) mass is 233 g/mol. The van der Waals surface area contributed by atoms with E-state index in [9.17, 15) is 4.79 Å². The van der Waals surface area contributed by atoms with Crippen LogP contribution in [0.5, 0.6) is 0 Å². The Labute approximate surface area is 92.7 Å². The maximum atomic E-state index is 10.8. The largest absolute Gasteiger partial charge is 0.364 e. The first-order chi connectivity index (χ1) is 5.79. The molecule has 0 aliphatic carbocycles. The number of carbonyl (C=O) groups excluding carboxylic acids is 1. The van der Waals surface area contributed by atoms with Crippen molar-refractivity contribution in [3.8, 4) is 0 Å². The molecular weight excluding hydrogens is 225 g/mol. The molecular formula is C8H9Cl2N3O. The third-order valence-corrected chi connectivity index (χ3v) is 1.70. The van der Waals surface area contributed by atoms with E-state index in [1.54, 1.807) is 6.07 Å². The van der Waals surface area contributed by atoms with Gasteiger partial charge in [0.15, 0.2) is 5.69 Å². The molecule has 1 aromatic heterocycles. The van der Waals surface area contributed by atoms with Crippen molar-refractivity contribution in [1.82, 2.24) is 10.2 Å². The number of nitrogens with one attached hydrogen (secondary N) is 1. The smallest absolute Gasteiger partial charge is 0.269 e. The normalized spacial score (nSPS) is 8.86. The lowest BCUT2D eigenvalue weighted by atomic mass is 10.2. The van der Waals surface area contributed by atoms with Crippen molar-refractivity contribution in [2.24, 2.45) is 5.73 Å². The van der Waals surface area contributed by atoms with Gasteiger partial charge in [0.05, 0.1) is 5.52 Å². The molecule has 2 rings (SSSR count). The lowest BCUT2D eigenvalue weighted by Gasteiger charge is -1.88. The van der Waals surface area contributed by atoms with Gasteiger partial charge in [0.25, 0.3) is 5.91 Å². The number of aromatic nitrogens is 2. The minimum absolute atomic E-state index is 0. The van der Waals surface area contributed by atoms with Crippen LogP contribution in [0.4, 0.5) is 0 Å². The minimum atomic E-state index is -0.507. The molecule has 6 heteroatoms. The fourth-order valence-corrected chi connectivity index (χ4v) is 1.15. The fourth-order valence-electron chi connectivity index (χ4n) is 1.15. The second-order valence-corrected chi connectivity index (χ2v) is 2.48. The molecule has 0 saturated carbocycles. The molecule has 3 N–H and O–H groups in total. The van der Waals surface area contributed by atoms with Crippen LogP contribution in [0.3, 0.4) is 0 Å². The highest BCUT2D eigenvalue weighted by Gasteiger charge is 2.08. The summed E-state index contributed by atoms with van der Waals surface area (Å²) in [5.74, 6) is -0.507. The molecule has 1 heterocycles. The number of nitrogens with zero attached hydrogens (tertiary/aromatic N) is 1. The van der Waals surface area contributed by atoms with Gasteiger partial charge in [0, 0.05) is 5.39 Å². The highest BCUT2D eigenvalue weighted by atomic mass is 35.5. The number of carbonyl (C=O) groups is 1. The van der Waals surface area contributed by atoms with Crippen molar-refractivity contribution in [2.45, 2.75) is 0 Å². The van der Waals surface area contributed by atoms with Gasteiger partial charge in [-0.15, -0.1) is 24.8 Å². The third kappa shape index (κ3) is 1.97. The first kappa shape index (κ1) is 12.7. The van der Waals surface area contributed by atoms with Crippen molar-refractivity contribution in [1.29, 1.82) is 0 Å². The number of amides is 1. The number of rotatable bonds is 1. The van der Waals surface area contributed by atoms with Gasteiger partial charge in [-0.25, -0.2) is 0 Å². The fraction of sp³-hybridized carbons (Fsp3) is 0. The molecule has 76 valence electrons. The van der Waals surface area contributed by atoms with Crippen LogP contribution in [0, 0.1) is 0 Å². The SMILES string of the molecule is Cl.Cl.NC(=O)c1n[nH]c2ccccc12. The summed E-state index contributed by atoms with van der Waals surface area (Å²) in [5, 5.41) is 7.28. The molecule has 1 amide bonds. The maximum Gasteiger partial charge on any atom is 0.269 e. The van der Waals surface area contributed by atoms with E-state index in [0.717, 1.165) is 10.9 Å². The summed E-state index contributed by atoms with van der Waals surface area (Å²) in [6.45, 7) is 0. The highest BCUT2D eigenvalue weighted by molar-refractivity contribution is 6.03. The number of para-hydroxylation sites is 1. The van der Waals surface area contributed by atoms with Crippen LogP contribution >= 0.6 is 24.8 Å². The number of H-pyrrole nitrogens is 1. The van der Waals surface area contributed by atoms with E-state index in [1.807, 2.05) is 18.2 Å². The van der Waals surface area contributed by atoms with Crippen molar-refractivity contribution in [3.05, 3.63) is 30.0 Å². The van der Waals surface area contributed by atoms with Gasteiger partial charge in [-0.2, -0.15) is 5.10 Å². The Morgan fingerprint density at radius 3 is 2.57 bits per heavy atom. The van der Waals surface area contributed by atoms with E-state index in [1.165, 1.54) is 0 Å². The van der Waals surface area contributed by atoms with E-state index in [-0.39, 0.29) is 24.8 Å². The van der Waals surface area contributed by atoms with E-state index in [4.69, 9.17) is 5.73 Å². The zero-order chi connectivity index (χ0) is 8.55. The van der Waals surface area contributed by atoms with Crippen LogP contribution in [0.2, 0.25) is 0 Å². The molecule has 0 atom stereocenters. The van der Waals surface area contributed by atoms with Crippen LogP contribution in [0.1, 0.15) is 10.5 Å². The first-order valence-corrected chi connectivity index (χ1v) is 3.52. The molecule has 0 aliphatic heterocycles. The molecule has 2 aromatic rings. The Morgan fingerprint density at radius 1 is 1.29 bits per heavy atom. The Bertz CT molecular complexity index is 441. The van der Waals surface area contributed by atoms with Gasteiger partial charge in [0.2, 0.25) is 0 Å². The molecule has 0 fully saturated rings. The Morgan fingerprint density at radius 2 is 1.93 bits per heavy atom. The van der Waals surface area contributed by atoms with Gasteiger partial charge in [-0.1, -0.05) is 18.2 Å². The zero-order valence-corrected chi connectivity index (χ0v) is 8.69. The van der Waals surface area contributed by atoms with Gasteiger partial charge in [0.1, 0.15) is 0 Å². The number of hydrogen-bond donors (Lipinski definition) is 2. The Kier molecular flexibility index (Phi) is 4.40. The van der Waals surface area contributed by atoms with Crippen LogP contribution in [0.25, 0.3) is 10.9 Å². The number of benzene rings is 1. The molecule has 0 aliphatic rings. The molecule has 0 radical (unpaired) electrons. The number of aromatic amines is 1. The minimum Gasteiger partial charge on any atom is -0.364 e. The topological polar surface area (TPSA) is 71.8 Å². The summed E-state index contributed by atoms with van der Waals surface area (Å²) >= 11 is 0. The predicted octanol–water partition coefficient (Wildman–Crippen LogP) is 1.51. The number of primary amides is 1. The molecule has 0 spiro atoms. The summed E-state index contributed by atoms with van der Waals surface area (Å²) in [6.07, 6.45) is 0. The summed E-state index contributed by atoms with van der Waals surface area (Å²) in [5.41, 5.74) is 6.22. The van der Waals surface area contributed by atoms with Gasteiger partial charge >= 0.3 is 0 Å². The molecule has 0 bridgehead atoms. The van der Waals surface area contributed by atoms with Crippen LogP contribution in [-0.4, -0.2) is 16.1 Å². The summed E-state index contributed by atoms with van der Waals surface area (Å²) < 4.78 is 0. The van der Waals surface area contributed by atoms with E-state index in [2.05, 4.69) is 10.2 Å². The number of halogens is 2. The third-order valence-electron chi connectivity index (χ3n) is 1.70. The molecule has 4 nitrogen and oxygen atoms in total. The highest BCUT2D eigenvalue weighted by Crippen LogP contribution is 2.13. The van der Waals surface area contributed by atoms with Crippen LogP contribution in [-0.2, 0) is 0 Å². The van der Waals surface area contributed by atoms with E-state index in [0.29, 0.717) is 5.69 Å². The average molecular weight is 234 g/mol. The lowest BCUT2D eigenvalue weighted by molar-refractivity contribution is 0.0997. The summed E-state index contributed by atoms with van der Waals surface area (Å²) in [6, 6.07) is 7.35. The molecule has 0 unspecified atom stereocenters. The molecule has 14 heavy (non-hydrogen) atoms. The number of hydrogen-bond acceptors (Lipinski definition) is 2. The summed E-state index contributed by atoms with van der Waals surface area (Å²) in [4.78, 5) is 10.8. The van der Waals surface area contributed by atoms with Gasteiger partial charge in [-0.05, 0) is 6.07 Å². The van der Waals surface area contributed by atoms with Crippen LogP contribution < -0.4 is 5.73 Å². The second kappa shape index (κ2) is 4.83. The quantitative estimate of drug-likeness (QED) is 0.784. The van der Waals surface area contributed by atoms with Crippen LogP contribution in [0.15, 0.2) is 24.3 Å². The lowest BCUT2D eigenvalue weighted by Crippen LogP contribution is -2.11. The first-order valence-electron chi connectivity index (χ1n) is 3.52. The second-order valence-electron chi connectivity index (χ2n) is 2.48. The predicted molar refractivity (Wildman–Crippen MR) is 59.1 cm³/mol. The standard InChI is InChI=1S/C8H7N3O.2ClH/c9-8(12)7-5-3-1-2-4-6(5)10-11-7;;/h1-4H,(H2,9,12)(H,10,11);2*1H. The van der Waals surface area contributed by atoms with Crippen molar-refractivity contribution in [2.75, 3.05) is 0 Å². The van der Waals surface area contributed by atoms with Crippen molar-refractivity contribution >= 4 is 41.6 Å². The van der Waals surface area contributed by atoms with E-state index < -0.39 is 5.91 Å². The van der Waals surface area contributed by atoms with Gasteiger partial charge in [-0.3, -0.25) is 9.89 Å². The van der Waals surface area contributed by atoms with Crippen molar-refractivity contribution in [3.63, 3.8) is 0 Å². The van der Waals surface area contributed by atoms with Gasteiger partial charge < -0.3 is 5.73 Å². The number of fused-ring (bicyclic) bond motifs is 1. The maximum absolute atomic E-state index is 10.8. The zero-order valence-electron chi connectivity index (χ0n) is 7.06. The number of nitrogens with two attached hydrogens (primary N) is 1. The average Bonchev–Trinajstić information content (AvgIpc) is 2.47.